The van der Waals surface area contributed by atoms with Crippen LogP contribution >= 0.6 is 0 Å². The molecule has 0 spiro atoms. The van der Waals surface area contributed by atoms with Crippen molar-refractivity contribution in [2.24, 2.45) is 0 Å². The summed E-state index contributed by atoms with van der Waals surface area (Å²) in [5, 5.41) is 6.34. The molecule has 0 aromatic carbocycles. The summed E-state index contributed by atoms with van der Waals surface area (Å²) in [6.45, 7) is 5.00. The predicted octanol–water partition coefficient (Wildman–Crippen LogP) is 2.38. The van der Waals surface area contributed by atoms with Gasteiger partial charge in [0.05, 0.1) is 0 Å². The average Bonchev–Trinajstić information content (AvgIpc) is 2.00. The van der Waals surface area contributed by atoms with E-state index in [1.807, 2.05) is 0 Å². The molecule has 0 saturated heterocycles. The van der Waals surface area contributed by atoms with E-state index in [2.05, 4.69) is 10.2 Å². The van der Waals surface area contributed by atoms with Crippen LogP contribution in [0.25, 0.3) is 0 Å². The third-order valence-electron chi connectivity index (χ3n) is 1.89. The minimum Gasteiger partial charge on any atom is -0.382 e. The van der Waals surface area contributed by atoms with Crippen LogP contribution in [0.3, 0.4) is 0 Å². The highest BCUT2D eigenvalue weighted by Crippen LogP contribution is 2.35. The second-order valence-corrected chi connectivity index (χ2v) is 4.28. The zero-order valence-corrected chi connectivity index (χ0v) is 8.68. The summed E-state index contributed by atoms with van der Waals surface area (Å²) in [5.41, 5.74) is 3.74. The molecule has 0 aliphatic heterocycles. The summed E-state index contributed by atoms with van der Waals surface area (Å²) in [7, 11) is 0. The maximum absolute atomic E-state index is 12.6. The highest BCUT2D eigenvalue weighted by Gasteiger charge is 2.38. The first-order chi connectivity index (χ1) is 6.62. The average molecular weight is 219 g/mol. The number of halogens is 3. The molecule has 15 heavy (non-hydrogen) atoms. The number of nitrogens with two attached hydrogens (primary N) is 1. The minimum absolute atomic E-state index is 0.00655. The Hall–Kier alpha value is -1.33. The molecule has 0 aliphatic carbocycles. The number of nitrogens with zero attached hydrogens (tertiary/aromatic N) is 2. The van der Waals surface area contributed by atoms with Crippen molar-refractivity contribution in [1.82, 2.24) is 10.2 Å². The lowest BCUT2D eigenvalue weighted by atomic mass is 9.86. The van der Waals surface area contributed by atoms with E-state index in [-0.39, 0.29) is 11.4 Å². The number of hydrogen-bond acceptors (Lipinski definition) is 3. The third kappa shape index (κ3) is 2.57. The molecule has 0 amide bonds. The van der Waals surface area contributed by atoms with Gasteiger partial charge < -0.3 is 5.73 Å². The maximum Gasteiger partial charge on any atom is 0.435 e. The molecule has 0 radical (unpaired) electrons. The van der Waals surface area contributed by atoms with E-state index < -0.39 is 17.3 Å². The molecule has 0 unspecified atom stereocenters. The highest BCUT2D eigenvalue weighted by molar-refractivity contribution is 5.38. The molecular weight excluding hydrogens is 207 g/mol. The van der Waals surface area contributed by atoms with Crippen molar-refractivity contribution in [2.45, 2.75) is 32.4 Å². The van der Waals surface area contributed by atoms with Crippen molar-refractivity contribution in [3.05, 3.63) is 17.3 Å². The van der Waals surface area contributed by atoms with Gasteiger partial charge in [0.15, 0.2) is 5.69 Å². The van der Waals surface area contributed by atoms with E-state index in [0.29, 0.717) is 0 Å². The fourth-order valence-electron chi connectivity index (χ4n) is 1.19. The smallest absolute Gasteiger partial charge is 0.382 e. The van der Waals surface area contributed by atoms with Gasteiger partial charge in [-0.25, -0.2) is 0 Å². The molecule has 0 bridgehead atoms. The van der Waals surface area contributed by atoms with Gasteiger partial charge in [0, 0.05) is 0 Å². The summed E-state index contributed by atoms with van der Waals surface area (Å²) in [6.07, 6.45) is -4.50. The molecule has 0 saturated carbocycles. The fraction of sp³-hybridized carbons (Fsp3) is 0.556. The molecular formula is C9H12F3N3. The van der Waals surface area contributed by atoms with Gasteiger partial charge in [-0.3, -0.25) is 0 Å². The lowest BCUT2D eigenvalue weighted by Crippen LogP contribution is -2.22. The first kappa shape index (κ1) is 11.7. The van der Waals surface area contributed by atoms with Gasteiger partial charge in [0.25, 0.3) is 0 Å². The molecule has 0 fully saturated rings. The van der Waals surface area contributed by atoms with Gasteiger partial charge >= 0.3 is 6.18 Å². The Kier molecular flexibility index (Phi) is 2.63. The molecule has 1 rings (SSSR count). The van der Waals surface area contributed by atoms with Gasteiger partial charge in [-0.1, -0.05) is 20.8 Å². The normalized spacial score (nSPS) is 12.9. The third-order valence-corrected chi connectivity index (χ3v) is 1.89. The second kappa shape index (κ2) is 3.36. The zero-order chi connectivity index (χ0) is 11.9. The molecule has 3 nitrogen and oxygen atoms in total. The Labute approximate surface area is 85.5 Å². The number of anilines is 1. The number of aromatic nitrogens is 2. The summed E-state index contributed by atoms with van der Waals surface area (Å²) < 4.78 is 37.7. The number of alkyl halides is 3. The van der Waals surface area contributed by atoms with Crippen molar-refractivity contribution < 1.29 is 13.2 Å². The number of rotatable bonds is 0. The second-order valence-electron chi connectivity index (χ2n) is 4.28. The van der Waals surface area contributed by atoms with Crippen LogP contribution in [0.2, 0.25) is 0 Å². The molecule has 1 aromatic rings. The van der Waals surface area contributed by atoms with Crippen molar-refractivity contribution in [1.29, 1.82) is 0 Å². The van der Waals surface area contributed by atoms with Crippen LogP contribution < -0.4 is 5.73 Å². The van der Waals surface area contributed by atoms with Gasteiger partial charge in [0.2, 0.25) is 0 Å². The molecule has 0 atom stereocenters. The molecule has 2 N–H and O–H groups in total. The van der Waals surface area contributed by atoms with Crippen molar-refractivity contribution in [3.8, 4) is 0 Å². The number of hydrogen-bond donors (Lipinski definition) is 1. The largest absolute Gasteiger partial charge is 0.435 e. The quantitative estimate of drug-likeness (QED) is 0.728. The lowest BCUT2D eigenvalue weighted by Gasteiger charge is -2.22. The van der Waals surface area contributed by atoms with Crippen LogP contribution in [0.15, 0.2) is 6.07 Å². The topological polar surface area (TPSA) is 51.8 Å². The van der Waals surface area contributed by atoms with E-state index in [1.54, 1.807) is 20.8 Å². The Morgan fingerprint density at radius 3 is 2.07 bits per heavy atom. The minimum atomic E-state index is -4.50. The molecule has 0 aliphatic rings. The first-order valence-electron chi connectivity index (χ1n) is 4.33. The van der Waals surface area contributed by atoms with Crippen molar-refractivity contribution >= 4 is 5.82 Å². The van der Waals surface area contributed by atoms with Crippen molar-refractivity contribution in [3.63, 3.8) is 0 Å². The van der Waals surface area contributed by atoms with Crippen LogP contribution in [0.4, 0.5) is 19.0 Å². The molecule has 1 aromatic heterocycles. The van der Waals surface area contributed by atoms with Gasteiger partial charge in [-0.2, -0.15) is 13.2 Å². The van der Waals surface area contributed by atoms with Crippen LogP contribution in [0.5, 0.6) is 0 Å². The van der Waals surface area contributed by atoms with Gasteiger partial charge in [-0.05, 0) is 17.0 Å². The molecule has 84 valence electrons. The Morgan fingerprint density at radius 1 is 1.13 bits per heavy atom. The van der Waals surface area contributed by atoms with Crippen molar-refractivity contribution in [2.75, 3.05) is 5.73 Å². The molecule has 1 heterocycles. The Balaban J connectivity index is 3.41. The Bertz CT molecular complexity index is 366. The highest BCUT2D eigenvalue weighted by atomic mass is 19.4. The number of nitrogen functional groups attached to an aromatic ring is 1. The fourth-order valence-corrected chi connectivity index (χ4v) is 1.19. The summed E-state index contributed by atoms with van der Waals surface area (Å²) in [5.74, 6) is -0.00655. The summed E-state index contributed by atoms with van der Waals surface area (Å²) in [4.78, 5) is 0. The van der Waals surface area contributed by atoms with Gasteiger partial charge in [0.1, 0.15) is 5.82 Å². The summed E-state index contributed by atoms with van der Waals surface area (Å²) >= 11 is 0. The van der Waals surface area contributed by atoms with Gasteiger partial charge in [-0.15, -0.1) is 10.2 Å². The Morgan fingerprint density at radius 2 is 1.67 bits per heavy atom. The monoisotopic (exact) mass is 219 g/mol. The van der Waals surface area contributed by atoms with E-state index >= 15 is 0 Å². The van der Waals surface area contributed by atoms with E-state index in [0.717, 1.165) is 0 Å². The maximum atomic E-state index is 12.6. The predicted molar refractivity (Wildman–Crippen MR) is 50.1 cm³/mol. The standard InChI is InChI=1S/C9H12F3N3/c1-8(2,3)5-4-6(13)14-15-7(5)9(10,11)12/h4H,1-3H3,(H2,13,14). The van der Waals surface area contributed by atoms with Crippen LogP contribution in [0.1, 0.15) is 32.0 Å². The summed E-state index contributed by atoms with van der Waals surface area (Å²) in [6, 6.07) is 1.22. The van der Waals surface area contributed by atoms with Crippen LogP contribution in [-0.2, 0) is 11.6 Å². The SMILES string of the molecule is CC(C)(C)c1cc(N)nnc1C(F)(F)F. The van der Waals surface area contributed by atoms with E-state index in [1.165, 1.54) is 6.07 Å². The van der Waals surface area contributed by atoms with E-state index in [4.69, 9.17) is 5.73 Å². The molecule has 6 heteroatoms. The lowest BCUT2D eigenvalue weighted by molar-refractivity contribution is -0.142. The van der Waals surface area contributed by atoms with E-state index in [9.17, 15) is 13.2 Å². The first-order valence-corrected chi connectivity index (χ1v) is 4.33. The zero-order valence-electron chi connectivity index (χ0n) is 8.68. The van der Waals surface area contributed by atoms with Crippen LogP contribution in [-0.4, -0.2) is 10.2 Å². The van der Waals surface area contributed by atoms with Crippen LogP contribution in [0, 0.1) is 0 Å².